The molecule has 196 valence electrons. The first kappa shape index (κ1) is 29.2. The zero-order chi connectivity index (χ0) is 26.4. The van der Waals surface area contributed by atoms with Crippen LogP contribution in [-0.2, 0) is 17.6 Å². The number of phenols is 1. The van der Waals surface area contributed by atoms with Crippen LogP contribution in [0.3, 0.4) is 0 Å². The summed E-state index contributed by atoms with van der Waals surface area (Å²) < 4.78 is 6.87. The van der Waals surface area contributed by atoms with Gasteiger partial charge in [0.05, 0.1) is 27.2 Å². The second-order valence-corrected chi connectivity index (χ2v) is 10.1. The van der Waals surface area contributed by atoms with E-state index >= 15 is 0 Å². The van der Waals surface area contributed by atoms with Crippen LogP contribution in [0.1, 0.15) is 50.2 Å². The van der Waals surface area contributed by atoms with Crippen molar-refractivity contribution in [2.24, 2.45) is 0 Å². The van der Waals surface area contributed by atoms with E-state index in [2.05, 4.69) is 45.6 Å². The predicted molar refractivity (Wildman–Crippen MR) is 150 cm³/mol. The second-order valence-electron chi connectivity index (χ2n) is 10.1. The van der Waals surface area contributed by atoms with Crippen molar-refractivity contribution in [2.45, 2.75) is 51.9 Å². The number of ether oxygens (including phenoxy) is 1. The van der Waals surface area contributed by atoms with Crippen LogP contribution in [0.15, 0.2) is 61.7 Å². The van der Waals surface area contributed by atoms with Gasteiger partial charge in [-0.15, -0.1) is 13.2 Å². The van der Waals surface area contributed by atoms with Crippen LogP contribution < -0.4 is 10.1 Å². The average molecular weight is 494 g/mol. The lowest BCUT2D eigenvalue weighted by molar-refractivity contribution is -0.882. The Balaban J connectivity index is 1.97. The maximum Gasteiger partial charge on any atom is 0.275 e. The molecule has 2 aromatic rings. The molecule has 0 aliphatic carbocycles. The van der Waals surface area contributed by atoms with E-state index < -0.39 is 0 Å². The number of likely N-dealkylation sites (N-methyl/N-ethyl adjacent to an activating group) is 1. The summed E-state index contributed by atoms with van der Waals surface area (Å²) in [5.74, 6) is 1.11. The number of amides is 1. The minimum Gasteiger partial charge on any atom is -0.507 e. The van der Waals surface area contributed by atoms with Crippen LogP contribution in [-0.4, -0.2) is 55.8 Å². The van der Waals surface area contributed by atoms with Crippen molar-refractivity contribution in [1.82, 2.24) is 5.32 Å². The molecule has 0 bridgehead atoms. The van der Waals surface area contributed by atoms with Gasteiger partial charge in [0.2, 0.25) is 0 Å². The summed E-state index contributed by atoms with van der Waals surface area (Å²) in [4.78, 5) is 12.3. The fourth-order valence-corrected chi connectivity index (χ4v) is 4.25. The normalized spacial score (nSPS) is 11.2. The van der Waals surface area contributed by atoms with Crippen LogP contribution in [0.5, 0.6) is 11.5 Å². The molecule has 0 fully saturated rings. The topological polar surface area (TPSA) is 58.6 Å². The molecule has 0 aromatic heterocycles. The Hall–Kier alpha value is -3.05. The van der Waals surface area contributed by atoms with Crippen molar-refractivity contribution in [3.05, 3.63) is 72.8 Å². The molecule has 0 aliphatic heterocycles. The molecule has 0 unspecified atom stereocenters. The van der Waals surface area contributed by atoms with Crippen LogP contribution >= 0.6 is 0 Å². The lowest BCUT2D eigenvalue weighted by Gasteiger charge is -2.29. The lowest BCUT2D eigenvalue weighted by atomic mass is 9.97. The molecule has 0 saturated carbocycles. The standard InChI is InChI=1S/C31H44N2O3/c1-6-9-10-19-32-31(35)24-33(4,5)20-11-12-21-36-30-18-16-26(14-8-3)23-28(30)27-22-25(13-7-2)15-17-29(27)34/h7-8,15-18,22-23H,2-3,6,9-14,19-21,24H2,1,4-5H3,(H-,32,34,35)/p+1. The lowest BCUT2D eigenvalue weighted by Crippen LogP contribution is -2.48. The number of benzene rings is 2. The van der Waals surface area contributed by atoms with Gasteiger partial charge in [0.25, 0.3) is 5.91 Å². The number of allylic oxidation sites excluding steroid dienone is 2. The van der Waals surface area contributed by atoms with Crippen molar-refractivity contribution in [1.29, 1.82) is 0 Å². The fourth-order valence-electron chi connectivity index (χ4n) is 4.25. The fraction of sp³-hybridized carbons (Fsp3) is 0.452. The number of unbranched alkanes of at least 4 members (excludes halogenated alkanes) is 3. The number of hydrogen-bond donors (Lipinski definition) is 2. The molecule has 0 aliphatic rings. The minimum absolute atomic E-state index is 0.120. The van der Waals surface area contributed by atoms with E-state index in [1.54, 1.807) is 6.07 Å². The molecular weight excluding hydrogens is 448 g/mol. The van der Waals surface area contributed by atoms with Crippen molar-refractivity contribution < 1.29 is 19.1 Å². The number of nitrogens with zero attached hydrogens (tertiary/aromatic N) is 1. The van der Waals surface area contributed by atoms with Gasteiger partial charge in [0.1, 0.15) is 11.5 Å². The Labute approximate surface area is 218 Å². The molecule has 5 nitrogen and oxygen atoms in total. The molecular formula is C31H45N2O3+. The van der Waals surface area contributed by atoms with Crippen molar-refractivity contribution in [3.63, 3.8) is 0 Å². The number of carbonyl (C=O) groups is 1. The van der Waals surface area contributed by atoms with Crippen LogP contribution in [0, 0.1) is 0 Å². The van der Waals surface area contributed by atoms with Gasteiger partial charge in [-0.1, -0.05) is 44.1 Å². The number of hydrogen-bond acceptors (Lipinski definition) is 3. The van der Waals surface area contributed by atoms with Gasteiger partial charge in [-0.05, 0) is 67.5 Å². The number of rotatable bonds is 17. The van der Waals surface area contributed by atoms with Crippen LogP contribution in [0.25, 0.3) is 11.1 Å². The van der Waals surface area contributed by atoms with Gasteiger partial charge < -0.3 is 19.6 Å². The third-order valence-corrected chi connectivity index (χ3v) is 6.24. The first-order valence-corrected chi connectivity index (χ1v) is 13.2. The monoisotopic (exact) mass is 493 g/mol. The third-order valence-electron chi connectivity index (χ3n) is 6.24. The molecule has 2 N–H and O–H groups in total. The molecule has 2 aromatic carbocycles. The predicted octanol–water partition coefficient (Wildman–Crippen LogP) is 6.06. The molecule has 36 heavy (non-hydrogen) atoms. The molecule has 1 amide bonds. The van der Waals surface area contributed by atoms with E-state index in [1.165, 1.54) is 0 Å². The van der Waals surface area contributed by atoms with E-state index in [0.29, 0.717) is 17.6 Å². The van der Waals surface area contributed by atoms with Gasteiger partial charge in [-0.3, -0.25) is 4.79 Å². The molecule has 2 rings (SSSR count). The second kappa shape index (κ2) is 15.1. The summed E-state index contributed by atoms with van der Waals surface area (Å²) >= 11 is 0. The molecule has 0 radical (unpaired) electrons. The number of carbonyl (C=O) groups excluding carboxylic acids is 1. The molecule has 0 heterocycles. The Bertz CT molecular complexity index is 997. The highest BCUT2D eigenvalue weighted by atomic mass is 16.5. The number of quaternary nitrogens is 1. The summed E-state index contributed by atoms with van der Waals surface area (Å²) in [6, 6.07) is 11.8. The summed E-state index contributed by atoms with van der Waals surface area (Å²) in [6.45, 7) is 12.6. The Morgan fingerprint density at radius 2 is 1.64 bits per heavy atom. The van der Waals surface area contributed by atoms with Crippen molar-refractivity contribution >= 4 is 5.91 Å². The molecule has 0 saturated heterocycles. The third kappa shape index (κ3) is 9.90. The summed E-state index contributed by atoms with van der Waals surface area (Å²) in [5.41, 5.74) is 3.85. The number of aromatic hydroxyl groups is 1. The first-order chi connectivity index (χ1) is 17.3. The van der Waals surface area contributed by atoms with Gasteiger partial charge in [-0.25, -0.2) is 0 Å². The van der Waals surface area contributed by atoms with Crippen molar-refractivity contribution in [3.8, 4) is 22.6 Å². The smallest absolute Gasteiger partial charge is 0.275 e. The van der Waals surface area contributed by atoms with Gasteiger partial charge in [0, 0.05) is 17.7 Å². The van der Waals surface area contributed by atoms with E-state index in [9.17, 15) is 9.90 Å². The van der Waals surface area contributed by atoms with Crippen molar-refractivity contribution in [2.75, 3.05) is 40.3 Å². The highest BCUT2D eigenvalue weighted by Crippen LogP contribution is 2.37. The number of nitrogens with one attached hydrogen (secondary N) is 1. The van der Waals surface area contributed by atoms with Gasteiger partial charge in [-0.2, -0.15) is 0 Å². The zero-order valence-corrected chi connectivity index (χ0v) is 22.5. The highest BCUT2D eigenvalue weighted by molar-refractivity contribution is 5.77. The largest absolute Gasteiger partial charge is 0.507 e. The van der Waals surface area contributed by atoms with E-state index in [1.807, 2.05) is 36.4 Å². The van der Waals surface area contributed by atoms with E-state index in [-0.39, 0.29) is 11.7 Å². The first-order valence-electron chi connectivity index (χ1n) is 13.2. The summed E-state index contributed by atoms with van der Waals surface area (Å²) in [7, 11) is 4.20. The van der Waals surface area contributed by atoms with E-state index in [4.69, 9.17) is 4.74 Å². The van der Waals surface area contributed by atoms with Crippen LogP contribution in [0.4, 0.5) is 0 Å². The Morgan fingerprint density at radius 3 is 2.31 bits per heavy atom. The summed E-state index contributed by atoms with van der Waals surface area (Å²) in [5, 5.41) is 13.7. The SMILES string of the molecule is C=CCc1ccc(O)c(-c2cc(CC=C)ccc2OCCCC[N+](C)(C)CC(=O)NCCCCC)c1. The zero-order valence-electron chi connectivity index (χ0n) is 22.5. The van der Waals surface area contributed by atoms with E-state index in [0.717, 1.165) is 86.0 Å². The maximum absolute atomic E-state index is 12.3. The molecule has 0 atom stereocenters. The Kier molecular flexibility index (Phi) is 12.3. The summed E-state index contributed by atoms with van der Waals surface area (Å²) in [6.07, 6.45) is 10.4. The average Bonchev–Trinajstić information content (AvgIpc) is 2.83. The molecule has 0 spiro atoms. The minimum atomic E-state index is 0.120. The number of phenolic OH excluding ortho intramolecular Hbond substituents is 1. The highest BCUT2D eigenvalue weighted by Gasteiger charge is 2.19. The Morgan fingerprint density at radius 1 is 0.972 bits per heavy atom. The van der Waals surface area contributed by atoms with Crippen LogP contribution in [0.2, 0.25) is 0 Å². The van der Waals surface area contributed by atoms with Gasteiger partial charge in [0.15, 0.2) is 6.54 Å². The quantitative estimate of drug-likeness (QED) is 0.160. The molecule has 5 heteroatoms. The van der Waals surface area contributed by atoms with Gasteiger partial charge >= 0.3 is 0 Å². The maximum atomic E-state index is 12.3.